The van der Waals surface area contributed by atoms with Crippen molar-refractivity contribution in [2.45, 2.75) is 76.7 Å². The lowest BCUT2D eigenvalue weighted by Crippen LogP contribution is -2.58. The van der Waals surface area contributed by atoms with Gasteiger partial charge in [0.05, 0.1) is 12.4 Å². The zero-order valence-electron chi connectivity index (χ0n) is 19.9. The van der Waals surface area contributed by atoms with Gasteiger partial charge in [0.2, 0.25) is 17.7 Å². The summed E-state index contributed by atoms with van der Waals surface area (Å²) in [5, 5.41) is 35.0. The molecule has 1 aromatic rings. The number of aromatic nitrogens is 2. The molecule has 0 fully saturated rings. The Hall–Kier alpha value is -3.52. The molecule has 35 heavy (non-hydrogen) atoms. The van der Waals surface area contributed by atoms with E-state index in [0.29, 0.717) is 5.69 Å². The minimum atomic E-state index is -1.46. The molecule has 9 N–H and O–H groups in total. The van der Waals surface area contributed by atoms with Gasteiger partial charge in [0.1, 0.15) is 24.2 Å². The highest BCUT2D eigenvalue weighted by atomic mass is 16.4. The monoisotopic (exact) mass is 498 g/mol. The van der Waals surface area contributed by atoms with Crippen molar-refractivity contribution in [1.29, 1.82) is 0 Å². The minimum Gasteiger partial charge on any atom is -0.481 e. The number of nitrogens with zero attached hydrogens (tertiary/aromatic N) is 1. The molecule has 5 atom stereocenters. The van der Waals surface area contributed by atoms with Gasteiger partial charge in [-0.25, -0.2) is 9.78 Å². The smallest absolute Gasteiger partial charge is 0.326 e. The first-order chi connectivity index (χ1) is 16.3. The molecule has 0 aliphatic rings. The Balaban J connectivity index is 3.05. The number of amides is 3. The molecule has 0 aromatic carbocycles. The van der Waals surface area contributed by atoms with Crippen LogP contribution in [-0.4, -0.2) is 85.2 Å². The van der Waals surface area contributed by atoms with E-state index in [-0.39, 0.29) is 25.2 Å². The van der Waals surface area contributed by atoms with Crippen molar-refractivity contribution in [1.82, 2.24) is 25.9 Å². The quantitative estimate of drug-likeness (QED) is 0.134. The Kier molecular flexibility index (Phi) is 11.8. The highest BCUT2D eigenvalue weighted by molar-refractivity contribution is 5.94. The zero-order valence-corrected chi connectivity index (χ0v) is 19.9. The van der Waals surface area contributed by atoms with E-state index < -0.39 is 66.4 Å². The molecule has 5 unspecified atom stereocenters. The van der Waals surface area contributed by atoms with E-state index in [1.165, 1.54) is 19.4 Å². The summed E-state index contributed by atoms with van der Waals surface area (Å²) in [5.41, 5.74) is 6.16. The minimum absolute atomic E-state index is 0.0313. The predicted molar refractivity (Wildman–Crippen MR) is 122 cm³/mol. The van der Waals surface area contributed by atoms with E-state index in [0.717, 1.165) is 0 Å². The first kappa shape index (κ1) is 29.5. The van der Waals surface area contributed by atoms with E-state index in [9.17, 15) is 34.2 Å². The molecule has 0 bridgehead atoms. The van der Waals surface area contributed by atoms with Gasteiger partial charge in [-0.05, 0) is 25.7 Å². The number of aliphatic hydroxyl groups excluding tert-OH is 1. The number of rotatable bonds is 15. The molecule has 196 valence electrons. The van der Waals surface area contributed by atoms with Gasteiger partial charge in [-0.15, -0.1) is 0 Å². The maximum atomic E-state index is 13.1. The second-order valence-electron chi connectivity index (χ2n) is 8.63. The van der Waals surface area contributed by atoms with Gasteiger partial charge in [0, 0.05) is 24.7 Å². The van der Waals surface area contributed by atoms with Gasteiger partial charge in [-0.2, -0.15) is 0 Å². The Morgan fingerprint density at radius 3 is 2.03 bits per heavy atom. The van der Waals surface area contributed by atoms with Gasteiger partial charge < -0.3 is 42.0 Å². The van der Waals surface area contributed by atoms with Crippen LogP contribution < -0.4 is 21.7 Å². The van der Waals surface area contributed by atoms with Crippen LogP contribution in [0, 0.1) is 5.92 Å². The number of aliphatic hydroxyl groups is 1. The van der Waals surface area contributed by atoms with Crippen molar-refractivity contribution in [2.24, 2.45) is 11.7 Å². The van der Waals surface area contributed by atoms with Crippen LogP contribution in [0.3, 0.4) is 0 Å². The third-order valence-corrected chi connectivity index (χ3v) is 5.04. The summed E-state index contributed by atoms with van der Waals surface area (Å²) < 4.78 is 0. The number of hydrogen-bond acceptors (Lipinski definition) is 8. The van der Waals surface area contributed by atoms with Crippen LogP contribution in [-0.2, 0) is 30.4 Å². The molecular weight excluding hydrogens is 464 g/mol. The molecule has 0 aliphatic carbocycles. The van der Waals surface area contributed by atoms with Crippen LogP contribution >= 0.6 is 0 Å². The number of carboxylic acids is 2. The van der Waals surface area contributed by atoms with Crippen molar-refractivity contribution < 1.29 is 39.3 Å². The second-order valence-corrected chi connectivity index (χ2v) is 8.63. The van der Waals surface area contributed by atoms with Crippen LogP contribution in [0.4, 0.5) is 0 Å². The summed E-state index contributed by atoms with van der Waals surface area (Å²) in [5.74, 6) is -5.06. The predicted octanol–water partition coefficient (Wildman–Crippen LogP) is -1.89. The van der Waals surface area contributed by atoms with Gasteiger partial charge in [0.25, 0.3) is 0 Å². The summed E-state index contributed by atoms with van der Waals surface area (Å²) in [6.07, 6.45) is 0.945. The van der Waals surface area contributed by atoms with E-state index in [1.807, 2.05) is 0 Å². The molecule has 3 amide bonds. The van der Waals surface area contributed by atoms with Crippen LogP contribution in [0.5, 0.6) is 0 Å². The first-order valence-electron chi connectivity index (χ1n) is 11.1. The summed E-state index contributed by atoms with van der Waals surface area (Å²) >= 11 is 0. The van der Waals surface area contributed by atoms with Gasteiger partial charge >= 0.3 is 11.9 Å². The lowest BCUT2D eigenvalue weighted by Gasteiger charge is -2.26. The molecule has 1 heterocycles. The van der Waals surface area contributed by atoms with Crippen molar-refractivity contribution in [3.8, 4) is 0 Å². The molecule has 14 heteroatoms. The Morgan fingerprint density at radius 2 is 1.54 bits per heavy atom. The molecule has 0 radical (unpaired) electrons. The normalized spacial score (nSPS) is 15.4. The lowest BCUT2D eigenvalue weighted by molar-refractivity contribution is -0.143. The van der Waals surface area contributed by atoms with Crippen molar-refractivity contribution >= 4 is 29.7 Å². The maximum Gasteiger partial charge on any atom is 0.326 e. The number of aliphatic carboxylic acids is 2. The van der Waals surface area contributed by atoms with Gasteiger partial charge in [-0.1, -0.05) is 13.8 Å². The summed E-state index contributed by atoms with van der Waals surface area (Å²) in [6.45, 7) is 4.90. The van der Waals surface area contributed by atoms with Crippen LogP contribution in [0.25, 0.3) is 0 Å². The third kappa shape index (κ3) is 10.5. The average molecular weight is 499 g/mol. The standard InChI is InChI=1S/C21H34N6O8/c1-10(2)6-14(18(31)25-13(21(34)35)4-5-16(29)30)26-19(32)15(7-12-8-23-9-24-12)27-20(33)17(22)11(3)28/h8-11,13-15,17,28H,4-7,22H2,1-3H3,(H,23,24)(H,25,31)(H,26,32)(H,27,33)(H,29,30)(H,34,35). The van der Waals surface area contributed by atoms with Gasteiger partial charge in [0.15, 0.2) is 0 Å². The first-order valence-corrected chi connectivity index (χ1v) is 11.1. The van der Waals surface area contributed by atoms with E-state index in [2.05, 4.69) is 25.9 Å². The van der Waals surface area contributed by atoms with E-state index in [1.54, 1.807) is 13.8 Å². The fraction of sp³-hybridized carbons (Fsp3) is 0.619. The molecule has 1 rings (SSSR count). The fourth-order valence-electron chi connectivity index (χ4n) is 3.09. The molecule has 0 spiro atoms. The maximum absolute atomic E-state index is 13.1. The van der Waals surface area contributed by atoms with E-state index >= 15 is 0 Å². The molecule has 14 nitrogen and oxygen atoms in total. The number of nitrogens with one attached hydrogen (secondary N) is 4. The summed E-state index contributed by atoms with van der Waals surface area (Å²) in [4.78, 5) is 67.2. The SMILES string of the molecule is CC(C)CC(NC(=O)C(Cc1cnc[nH]1)NC(=O)C(N)C(C)O)C(=O)NC(CCC(=O)O)C(=O)O. The van der Waals surface area contributed by atoms with Crippen LogP contribution in [0.15, 0.2) is 12.5 Å². The molecule has 0 aliphatic heterocycles. The molecule has 0 saturated heterocycles. The Bertz CT molecular complexity index is 873. The molecule has 0 saturated carbocycles. The Labute approximate surface area is 202 Å². The highest BCUT2D eigenvalue weighted by Crippen LogP contribution is 2.09. The number of carbonyl (C=O) groups is 5. The number of H-pyrrole nitrogens is 1. The largest absolute Gasteiger partial charge is 0.481 e. The topological polar surface area (TPSA) is 237 Å². The number of carbonyl (C=O) groups excluding carboxylic acids is 3. The van der Waals surface area contributed by atoms with E-state index in [4.69, 9.17) is 10.8 Å². The van der Waals surface area contributed by atoms with Crippen LogP contribution in [0.1, 0.15) is 45.7 Å². The number of imidazole rings is 1. The van der Waals surface area contributed by atoms with Crippen LogP contribution in [0.2, 0.25) is 0 Å². The highest BCUT2D eigenvalue weighted by Gasteiger charge is 2.31. The van der Waals surface area contributed by atoms with Crippen molar-refractivity contribution in [3.05, 3.63) is 18.2 Å². The molecule has 1 aromatic heterocycles. The zero-order chi connectivity index (χ0) is 26.7. The lowest BCUT2D eigenvalue weighted by atomic mass is 10.0. The number of aromatic amines is 1. The number of nitrogens with two attached hydrogens (primary N) is 1. The number of hydrogen-bond donors (Lipinski definition) is 8. The third-order valence-electron chi connectivity index (χ3n) is 5.04. The van der Waals surface area contributed by atoms with Crippen molar-refractivity contribution in [3.63, 3.8) is 0 Å². The van der Waals surface area contributed by atoms with Gasteiger partial charge in [-0.3, -0.25) is 19.2 Å². The fourth-order valence-corrected chi connectivity index (χ4v) is 3.09. The van der Waals surface area contributed by atoms with Crippen molar-refractivity contribution in [2.75, 3.05) is 0 Å². The molecular formula is C21H34N6O8. The second kappa shape index (κ2) is 14.0. The average Bonchev–Trinajstić information content (AvgIpc) is 3.27. The number of carboxylic acid groups (broad SMARTS) is 2. The Morgan fingerprint density at radius 1 is 0.971 bits per heavy atom. The summed E-state index contributed by atoms with van der Waals surface area (Å²) in [7, 11) is 0. The summed E-state index contributed by atoms with van der Waals surface area (Å²) in [6, 6.07) is -5.12.